The highest BCUT2D eigenvalue weighted by Crippen LogP contribution is 2.17. The fraction of sp³-hybridized carbons (Fsp3) is 0.800. The van der Waals surface area contributed by atoms with Crippen LogP contribution >= 0.6 is 0 Å². The largest absolute Gasteiger partial charge is 0.345 e. The maximum absolute atomic E-state index is 11.9. The molecule has 0 atom stereocenters. The summed E-state index contributed by atoms with van der Waals surface area (Å²) in [6.07, 6.45) is 2.75. The molecule has 0 aromatic carbocycles. The summed E-state index contributed by atoms with van der Waals surface area (Å²) in [4.78, 5) is 43.9. The Morgan fingerprint density at radius 3 is 1.19 bits per heavy atom. The van der Waals surface area contributed by atoms with Gasteiger partial charge in [-0.3, -0.25) is 9.78 Å². The van der Waals surface area contributed by atoms with Crippen molar-refractivity contribution < 1.29 is 29.1 Å². The zero-order chi connectivity index (χ0) is 20.4. The predicted octanol–water partition coefficient (Wildman–Crippen LogP) is 4.37. The molecule has 0 amide bonds. The Hall–Kier alpha value is -1.58. The maximum Gasteiger partial charge on any atom is 0.345 e. The first-order valence-corrected chi connectivity index (χ1v) is 9.35. The van der Waals surface area contributed by atoms with Crippen LogP contribution in [-0.2, 0) is 29.1 Å². The molecule has 0 aromatic rings. The van der Waals surface area contributed by atoms with Gasteiger partial charge >= 0.3 is 11.9 Å². The molecule has 0 N–H and O–H groups in total. The topological polar surface area (TPSA) is 71.1 Å². The van der Waals surface area contributed by atoms with E-state index in [1.165, 1.54) is 0 Å². The average Bonchev–Trinajstić information content (AvgIpc) is 2.59. The van der Waals surface area contributed by atoms with Crippen molar-refractivity contribution in [3.05, 3.63) is 0 Å². The van der Waals surface area contributed by atoms with E-state index >= 15 is 0 Å². The minimum atomic E-state index is -1.03. The first kappa shape index (κ1) is 24.4. The molecule has 0 bridgehead atoms. The van der Waals surface area contributed by atoms with Gasteiger partial charge in [-0.25, -0.2) is 9.59 Å². The van der Waals surface area contributed by atoms with Crippen LogP contribution in [0.5, 0.6) is 0 Å². The van der Waals surface area contributed by atoms with E-state index < -0.39 is 23.1 Å². The van der Waals surface area contributed by atoms with Crippen molar-refractivity contribution in [2.24, 2.45) is 11.8 Å². The Morgan fingerprint density at radius 1 is 0.692 bits per heavy atom. The zero-order valence-corrected chi connectivity index (χ0v) is 17.4. The molecule has 6 nitrogen and oxygen atoms in total. The summed E-state index contributed by atoms with van der Waals surface area (Å²) in [5.74, 6) is 4.50. The number of hydrogen-bond donors (Lipinski definition) is 0. The van der Waals surface area contributed by atoms with Gasteiger partial charge in [-0.05, 0) is 53.4 Å². The van der Waals surface area contributed by atoms with Crippen molar-refractivity contribution in [3.8, 4) is 11.8 Å². The van der Waals surface area contributed by atoms with Gasteiger partial charge in [0.2, 0.25) is 0 Å². The second-order valence-electron chi connectivity index (χ2n) is 7.27. The van der Waals surface area contributed by atoms with Crippen molar-refractivity contribution in [2.45, 2.75) is 92.3 Å². The zero-order valence-electron chi connectivity index (χ0n) is 17.4. The van der Waals surface area contributed by atoms with E-state index in [1.807, 2.05) is 27.7 Å². The normalized spacial score (nSPS) is 11.9. The summed E-state index contributed by atoms with van der Waals surface area (Å²) >= 11 is 0. The molecule has 6 heteroatoms. The SMILES string of the molecule is CCC(CC)C(=O)OOC(C)(C)C#CC(C)(C)OOC(=O)C(CC)CC. The standard InChI is InChI=1S/C20H34O6/c1-9-15(10-2)17(21)23-25-19(5,6)13-14-20(7,8)26-24-18(22)16(11-3)12-4/h15-16H,9-12H2,1-8H3. The lowest BCUT2D eigenvalue weighted by Gasteiger charge is -2.21. The molecule has 0 spiro atoms. The molecular weight excluding hydrogens is 336 g/mol. The molecule has 0 saturated heterocycles. The highest BCUT2D eigenvalue weighted by Gasteiger charge is 2.26. The van der Waals surface area contributed by atoms with Gasteiger partial charge in [-0.15, -0.1) is 0 Å². The van der Waals surface area contributed by atoms with E-state index in [9.17, 15) is 9.59 Å². The van der Waals surface area contributed by atoms with Crippen LogP contribution in [0.2, 0.25) is 0 Å². The van der Waals surface area contributed by atoms with Crippen LogP contribution in [0.25, 0.3) is 0 Å². The van der Waals surface area contributed by atoms with Crippen LogP contribution < -0.4 is 0 Å². The van der Waals surface area contributed by atoms with Crippen LogP contribution in [0.3, 0.4) is 0 Å². The maximum atomic E-state index is 11.9. The fourth-order valence-corrected chi connectivity index (χ4v) is 2.01. The minimum absolute atomic E-state index is 0.192. The first-order valence-electron chi connectivity index (χ1n) is 9.35. The van der Waals surface area contributed by atoms with Gasteiger partial charge in [-0.2, -0.15) is 9.78 Å². The smallest absolute Gasteiger partial charge is 0.297 e. The number of carbonyl (C=O) groups is 2. The van der Waals surface area contributed by atoms with E-state index in [0.29, 0.717) is 25.7 Å². The quantitative estimate of drug-likeness (QED) is 0.323. The van der Waals surface area contributed by atoms with Gasteiger partial charge < -0.3 is 0 Å². The molecule has 0 unspecified atom stereocenters. The van der Waals surface area contributed by atoms with E-state index in [-0.39, 0.29) is 11.8 Å². The lowest BCUT2D eigenvalue weighted by atomic mass is 10.0. The molecule has 26 heavy (non-hydrogen) atoms. The van der Waals surface area contributed by atoms with Crippen LogP contribution in [0.4, 0.5) is 0 Å². The van der Waals surface area contributed by atoms with Crippen molar-refractivity contribution in [2.75, 3.05) is 0 Å². The van der Waals surface area contributed by atoms with E-state index in [0.717, 1.165) is 0 Å². The van der Waals surface area contributed by atoms with E-state index in [2.05, 4.69) is 11.8 Å². The number of hydrogen-bond acceptors (Lipinski definition) is 6. The van der Waals surface area contributed by atoms with Gasteiger partial charge in [0.1, 0.15) is 0 Å². The third kappa shape index (κ3) is 9.21. The van der Waals surface area contributed by atoms with Gasteiger partial charge in [0, 0.05) is 0 Å². The lowest BCUT2D eigenvalue weighted by Crippen LogP contribution is -2.30. The summed E-state index contributed by atoms with van der Waals surface area (Å²) < 4.78 is 0. The Kier molecular flexibility index (Phi) is 10.5. The molecule has 0 heterocycles. The highest BCUT2D eigenvalue weighted by molar-refractivity contribution is 5.72. The highest BCUT2D eigenvalue weighted by atomic mass is 17.2. The molecular formula is C20H34O6. The van der Waals surface area contributed by atoms with Crippen molar-refractivity contribution in [3.63, 3.8) is 0 Å². The molecule has 0 aromatic heterocycles. The number of carbonyl (C=O) groups excluding carboxylic acids is 2. The Morgan fingerprint density at radius 2 is 0.962 bits per heavy atom. The summed E-state index contributed by atoms with van der Waals surface area (Å²) in [5.41, 5.74) is -2.05. The lowest BCUT2D eigenvalue weighted by molar-refractivity contribution is -0.316. The molecule has 0 aliphatic carbocycles. The van der Waals surface area contributed by atoms with E-state index in [4.69, 9.17) is 19.6 Å². The van der Waals surface area contributed by atoms with Crippen LogP contribution in [0.1, 0.15) is 81.1 Å². The van der Waals surface area contributed by atoms with Crippen molar-refractivity contribution >= 4 is 11.9 Å². The van der Waals surface area contributed by atoms with Gasteiger partial charge in [0.05, 0.1) is 11.8 Å². The molecule has 0 aliphatic rings. The molecule has 0 saturated carbocycles. The number of rotatable bonds is 10. The summed E-state index contributed by atoms with van der Waals surface area (Å²) in [7, 11) is 0. The van der Waals surface area contributed by atoms with Gasteiger partial charge in [0.15, 0.2) is 11.2 Å². The van der Waals surface area contributed by atoms with Crippen molar-refractivity contribution in [1.82, 2.24) is 0 Å². The van der Waals surface area contributed by atoms with Gasteiger partial charge in [0.25, 0.3) is 0 Å². The summed E-state index contributed by atoms with van der Waals surface area (Å²) in [6.45, 7) is 14.4. The monoisotopic (exact) mass is 370 g/mol. The van der Waals surface area contributed by atoms with Crippen LogP contribution in [0.15, 0.2) is 0 Å². The van der Waals surface area contributed by atoms with Crippen LogP contribution in [0, 0.1) is 23.7 Å². The van der Waals surface area contributed by atoms with Crippen molar-refractivity contribution in [1.29, 1.82) is 0 Å². The molecule has 0 fully saturated rings. The third-order valence-corrected chi connectivity index (χ3v) is 3.97. The second-order valence-corrected chi connectivity index (χ2v) is 7.27. The molecule has 0 radical (unpaired) electrons. The second kappa shape index (κ2) is 11.2. The van der Waals surface area contributed by atoms with E-state index in [1.54, 1.807) is 27.7 Å². The Labute approximate surface area is 157 Å². The summed E-state index contributed by atoms with van der Waals surface area (Å²) in [5, 5.41) is 0. The van der Waals surface area contributed by atoms with Gasteiger partial charge in [-0.1, -0.05) is 39.5 Å². The molecule has 0 rings (SSSR count). The first-order chi connectivity index (χ1) is 12.0. The third-order valence-electron chi connectivity index (χ3n) is 3.97. The predicted molar refractivity (Wildman–Crippen MR) is 98.4 cm³/mol. The Balaban J connectivity index is 4.71. The molecule has 0 aliphatic heterocycles. The Bertz CT molecular complexity index is 460. The fourth-order valence-electron chi connectivity index (χ4n) is 2.01. The molecule has 150 valence electrons. The van der Waals surface area contributed by atoms with Crippen LogP contribution in [-0.4, -0.2) is 23.1 Å². The average molecular weight is 370 g/mol. The minimum Gasteiger partial charge on any atom is -0.297 e. The summed E-state index contributed by atoms with van der Waals surface area (Å²) in [6, 6.07) is 0.